The number of hydrogen-bond donors (Lipinski definition) is 1. The monoisotopic (exact) mass is 170 g/mol. The van der Waals surface area contributed by atoms with E-state index in [0.29, 0.717) is 6.54 Å². The molecule has 0 aliphatic heterocycles. The third-order valence-electron chi connectivity index (χ3n) is 1.23. The Hall–Kier alpha value is -1.43. The fourth-order valence-electron chi connectivity index (χ4n) is 0.640. The van der Waals surface area contributed by atoms with Crippen molar-refractivity contribution in [2.45, 2.75) is 13.5 Å². The zero-order valence-electron chi connectivity index (χ0n) is 6.73. The van der Waals surface area contributed by atoms with Gasteiger partial charge in [-0.25, -0.2) is 4.68 Å². The summed E-state index contributed by atoms with van der Waals surface area (Å²) in [5.74, 6) is -0.328. The van der Waals surface area contributed by atoms with E-state index in [1.54, 1.807) is 4.68 Å². The van der Waals surface area contributed by atoms with E-state index in [-0.39, 0.29) is 12.4 Å². The number of esters is 1. The number of hydrogen-bond acceptors (Lipinski definition) is 5. The second-order valence-corrected chi connectivity index (χ2v) is 2.09. The van der Waals surface area contributed by atoms with E-state index in [0.717, 1.165) is 0 Å². The lowest BCUT2D eigenvalue weighted by atomic mass is 10.7. The van der Waals surface area contributed by atoms with Gasteiger partial charge < -0.3 is 10.5 Å². The van der Waals surface area contributed by atoms with Gasteiger partial charge in [-0.15, -0.1) is 0 Å². The number of nitrogens with two attached hydrogens (primary N) is 1. The van der Waals surface area contributed by atoms with Crippen molar-refractivity contribution in [3.8, 4) is 5.88 Å². The van der Waals surface area contributed by atoms with Crippen LogP contribution in [0.15, 0.2) is 6.20 Å². The molecule has 0 radical (unpaired) electrons. The second-order valence-electron chi connectivity index (χ2n) is 2.09. The lowest BCUT2D eigenvalue weighted by molar-refractivity contribution is -0.133. The molecule has 1 aromatic heterocycles. The molecule has 66 valence electrons. The van der Waals surface area contributed by atoms with Crippen molar-refractivity contribution in [3.63, 3.8) is 0 Å². The van der Waals surface area contributed by atoms with Gasteiger partial charge in [-0.2, -0.15) is 0 Å². The first-order valence-corrected chi connectivity index (χ1v) is 3.57. The Morgan fingerprint density at radius 2 is 2.58 bits per heavy atom. The molecule has 0 unspecified atom stereocenters. The Labute approximate surface area is 69.3 Å². The van der Waals surface area contributed by atoms with Crippen molar-refractivity contribution in [2.75, 3.05) is 6.54 Å². The molecule has 0 fully saturated rings. The first kappa shape index (κ1) is 8.66. The van der Waals surface area contributed by atoms with Crippen molar-refractivity contribution in [1.82, 2.24) is 15.0 Å². The largest absolute Gasteiger partial charge is 0.403 e. The maximum atomic E-state index is 10.7. The Morgan fingerprint density at radius 3 is 3.08 bits per heavy atom. The van der Waals surface area contributed by atoms with Gasteiger partial charge in [0.25, 0.3) is 5.88 Å². The van der Waals surface area contributed by atoms with Gasteiger partial charge in [-0.1, -0.05) is 10.3 Å². The molecule has 0 spiro atoms. The van der Waals surface area contributed by atoms with E-state index in [4.69, 9.17) is 5.73 Å². The summed E-state index contributed by atoms with van der Waals surface area (Å²) in [5, 5.41) is 7.26. The lowest BCUT2D eigenvalue weighted by Crippen LogP contribution is -2.19. The minimum Gasteiger partial charge on any atom is -0.403 e. The number of aryl methyl sites for hydroxylation is 1. The highest BCUT2D eigenvalue weighted by Gasteiger charge is 2.04. The van der Waals surface area contributed by atoms with Crippen LogP contribution in [0.5, 0.6) is 5.88 Å². The van der Waals surface area contributed by atoms with Crippen LogP contribution < -0.4 is 10.5 Å². The summed E-state index contributed by atoms with van der Waals surface area (Å²) in [6.07, 6.45) is 1.54. The number of ether oxygens (including phenoxy) is 1. The maximum absolute atomic E-state index is 10.7. The van der Waals surface area contributed by atoms with Crippen LogP contribution in [0.2, 0.25) is 0 Å². The van der Waals surface area contributed by atoms with Gasteiger partial charge in [0.2, 0.25) is 0 Å². The molecule has 1 heterocycles. The molecule has 2 N–H and O–H groups in total. The molecular weight excluding hydrogens is 160 g/mol. The molecule has 0 amide bonds. The molecule has 0 bridgehead atoms. The molecule has 1 rings (SSSR count). The highest BCUT2D eigenvalue weighted by molar-refractivity contribution is 5.73. The van der Waals surface area contributed by atoms with Crippen LogP contribution in [0.4, 0.5) is 0 Å². The number of carbonyl (C=O) groups excluding carboxylic acids is 1. The zero-order chi connectivity index (χ0) is 8.97. The maximum Gasteiger partial charge on any atom is 0.326 e. The van der Waals surface area contributed by atoms with E-state index in [1.807, 2.05) is 6.92 Å². The summed E-state index contributed by atoms with van der Waals surface area (Å²) in [5.41, 5.74) is 5.03. The normalized spacial score (nSPS) is 9.83. The molecule has 0 aromatic carbocycles. The van der Waals surface area contributed by atoms with Gasteiger partial charge in [0.15, 0.2) is 0 Å². The summed E-state index contributed by atoms with van der Waals surface area (Å²) < 4.78 is 6.24. The average molecular weight is 170 g/mol. The highest BCUT2D eigenvalue weighted by atomic mass is 16.5. The van der Waals surface area contributed by atoms with Gasteiger partial charge >= 0.3 is 5.97 Å². The molecule has 12 heavy (non-hydrogen) atoms. The van der Waals surface area contributed by atoms with Crippen molar-refractivity contribution in [3.05, 3.63) is 6.20 Å². The van der Waals surface area contributed by atoms with Gasteiger partial charge in [-0.3, -0.25) is 4.79 Å². The molecule has 0 saturated heterocycles. The van der Waals surface area contributed by atoms with Crippen molar-refractivity contribution >= 4 is 5.97 Å². The molecule has 6 heteroatoms. The summed E-state index contributed by atoms with van der Waals surface area (Å²) in [7, 11) is 0. The topological polar surface area (TPSA) is 83.0 Å². The number of rotatable bonds is 3. The van der Waals surface area contributed by atoms with Gasteiger partial charge in [0.1, 0.15) is 0 Å². The van der Waals surface area contributed by atoms with E-state index in [1.165, 1.54) is 6.20 Å². The van der Waals surface area contributed by atoms with Crippen LogP contribution in [-0.4, -0.2) is 27.5 Å². The second kappa shape index (κ2) is 3.82. The minimum absolute atomic E-state index is 0.154. The van der Waals surface area contributed by atoms with Crippen LogP contribution in [0.1, 0.15) is 6.92 Å². The van der Waals surface area contributed by atoms with Crippen molar-refractivity contribution < 1.29 is 9.53 Å². The third kappa shape index (κ3) is 2.03. The van der Waals surface area contributed by atoms with Crippen LogP contribution in [0.3, 0.4) is 0 Å². The summed E-state index contributed by atoms with van der Waals surface area (Å²) in [6, 6.07) is 0. The quantitative estimate of drug-likeness (QED) is 0.598. The fraction of sp³-hybridized carbons (Fsp3) is 0.500. The van der Waals surface area contributed by atoms with Gasteiger partial charge in [0, 0.05) is 6.54 Å². The van der Waals surface area contributed by atoms with E-state index in [9.17, 15) is 4.79 Å². The third-order valence-corrected chi connectivity index (χ3v) is 1.23. The molecule has 0 saturated carbocycles. The predicted octanol–water partition coefficient (Wildman–Crippen LogP) is -0.838. The molecule has 6 nitrogen and oxygen atoms in total. The highest BCUT2D eigenvalue weighted by Crippen LogP contribution is 2.02. The Kier molecular flexibility index (Phi) is 2.76. The van der Waals surface area contributed by atoms with E-state index in [2.05, 4.69) is 15.0 Å². The average Bonchev–Trinajstić information content (AvgIpc) is 2.52. The predicted molar refractivity (Wildman–Crippen MR) is 40.4 cm³/mol. The molecule has 1 aromatic rings. The summed E-state index contributed by atoms with van der Waals surface area (Å²) in [4.78, 5) is 10.7. The van der Waals surface area contributed by atoms with Crippen LogP contribution in [-0.2, 0) is 11.3 Å². The van der Waals surface area contributed by atoms with Gasteiger partial charge in [0.05, 0.1) is 12.7 Å². The lowest BCUT2D eigenvalue weighted by Gasteiger charge is -1.94. The smallest absolute Gasteiger partial charge is 0.326 e. The first-order valence-electron chi connectivity index (χ1n) is 3.57. The van der Waals surface area contributed by atoms with Gasteiger partial charge in [-0.05, 0) is 6.92 Å². The fourth-order valence-corrected chi connectivity index (χ4v) is 0.640. The molecular formula is C6H10N4O2. The Balaban J connectivity index is 2.58. The van der Waals surface area contributed by atoms with E-state index >= 15 is 0 Å². The van der Waals surface area contributed by atoms with E-state index < -0.39 is 5.97 Å². The number of nitrogens with zero attached hydrogens (tertiary/aromatic N) is 3. The number of aromatic nitrogens is 3. The SMILES string of the molecule is CCn1cc(OC(=O)CN)nn1. The molecule has 0 aliphatic rings. The van der Waals surface area contributed by atoms with Crippen LogP contribution in [0, 0.1) is 0 Å². The van der Waals surface area contributed by atoms with Crippen LogP contribution >= 0.6 is 0 Å². The molecule has 0 atom stereocenters. The van der Waals surface area contributed by atoms with Crippen molar-refractivity contribution in [1.29, 1.82) is 0 Å². The Bertz CT molecular complexity index is 270. The standard InChI is InChI=1S/C6H10N4O2/c1-2-10-4-5(8-9-10)12-6(11)3-7/h4H,2-3,7H2,1H3. The minimum atomic E-state index is -0.516. The first-order chi connectivity index (χ1) is 5.76. The van der Waals surface area contributed by atoms with Crippen molar-refractivity contribution in [2.24, 2.45) is 5.73 Å². The molecule has 0 aliphatic carbocycles. The summed E-state index contributed by atoms with van der Waals surface area (Å²) in [6.45, 7) is 2.44. The summed E-state index contributed by atoms with van der Waals surface area (Å²) >= 11 is 0. The Morgan fingerprint density at radius 1 is 1.83 bits per heavy atom. The zero-order valence-corrected chi connectivity index (χ0v) is 6.73. The number of carbonyl (C=O) groups is 1. The van der Waals surface area contributed by atoms with Crippen LogP contribution in [0.25, 0.3) is 0 Å².